The number of aromatic nitrogens is 1. The second-order valence-corrected chi connectivity index (χ2v) is 6.63. The van der Waals surface area contributed by atoms with Crippen LogP contribution in [0.2, 0.25) is 0 Å². The number of fused-ring (bicyclic) bond motifs is 1. The minimum absolute atomic E-state index is 0.0376. The van der Waals surface area contributed by atoms with E-state index in [2.05, 4.69) is 40.2 Å². The van der Waals surface area contributed by atoms with E-state index in [0.29, 0.717) is 6.54 Å². The summed E-state index contributed by atoms with van der Waals surface area (Å²) in [5.74, 6) is 0.739. The standard InChI is InChI=1S/C24H22N2O2/c1-28-23-14-8-6-12-20(23)16-25-24(27)17-26-21-13-7-5-11-19(21)15-22(26)18-9-3-2-4-10-18/h2-15H,16-17H2,1H3,(H,25,27). The molecule has 28 heavy (non-hydrogen) atoms. The van der Waals surface area contributed by atoms with E-state index >= 15 is 0 Å². The molecule has 0 saturated heterocycles. The Bertz CT molecular complexity index is 1100. The molecule has 0 unspecified atom stereocenters. The Morgan fingerprint density at radius 3 is 2.46 bits per heavy atom. The zero-order valence-corrected chi connectivity index (χ0v) is 15.8. The third-order valence-corrected chi connectivity index (χ3v) is 4.85. The SMILES string of the molecule is COc1ccccc1CNC(=O)Cn1c(-c2ccccc2)cc2ccccc21. The molecular formula is C24H22N2O2. The largest absolute Gasteiger partial charge is 0.496 e. The number of para-hydroxylation sites is 2. The van der Waals surface area contributed by atoms with Gasteiger partial charge in [-0.05, 0) is 23.8 Å². The average Bonchev–Trinajstić information content (AvgIpc) is 3.11. The van der Waals surface area contributed by atoms with Crippen LogP contribution in [0.25, 0.3) is 22.2 Å². The molecule has 1 heterocycles. The number of nitrogens with zero attached hydrogens (tertiary/aromatic N) is 1. The van der Waals surface area contributed by atoms with Gasteiger partial charge in [-0.3, -0.25) is 4.79 Å². The van der Waals surface area contributed by atoms with E-state index in [9.17, 15) is 4.79 Å². The number of amides is 1. The van der Waals surface area contributed by atoms with Crippen LogP contribution in [0.5, 0.6) is 5.75 Å². The summed E-state index contributed by atoms with van der Waals surface area (Å²) < 4.78 is 7.43. The molecule has 4 rings (SSSR count). The average molecular weight is 370 g/mol. The summed E-state index contributed by atoms with van der Waals surface area (Å²) >= 11 is 0. The van der Waals surface area contributed by atoms with Gasteiger partial charge in [-0.15, -0.1) is 0 Å². The first-order chi connectivity index (χ1) is 13.8. The summed E-state index contributed by atoms with van der Waals surface area (Å²) in [5, 5.41) is 4.14. The van der Waals surface area contributed by atoms with Crippen molar-refractivity contribution < 1.29 is 9.53 Å². The van der Waals surface area contributed by atoms with Gasteiger partial charge in [-0.2, -0.15) is 0 Å². The predicted molar refractivity (Wildman–Crippen MR) is 112 cm³/mol. The number of benzene rings is 3. The van der Waals surface area contributed by atoms with Gasteiger partial charge in [0.05, 0.1) is 7.11 Å². The Kier molecular flexibility index (Phi) is 5.11. The lowest BCUT2D eigenvalue weighted by Crippen LogP contribution is -2.27. The van der Waals surface area contributed by atoms with E-state index in [1.807, 2.05) is 54.6 Å². The zero-order valence-electron chi connectivity index (χ0n) is 15.8. The summed E-state index contributed by atoms with van der Waals surface area (Å²) in [4.78, 5) is 12.7. The van der Waals surface area contributed by atoms with E-state index in [0.717, 1.165) is 33.5 Å². The van der Waals surface area contributed by atoms with Crippen LogP contribution in [0.15, 0.2) is 84.9 Å². The number of hydrogen-bond acceptors (Lipinski definition) is 2. The molecule has 0 radical (unpaired) electrons. The van der Waals surface area contributed by atoms with Gasteiger partial charge in [0.15, 0.2) is 0 Å². The molecule has 4 nitrogen and oxygen atoms in total. The molecule has 0 aliphatic heterocycles. The molecule has 4 heteroatoms. The van der Waals surface area contributed by atoms with Crippen LogP contribution in [0.3, 0.4) is 0 Å². The minimum atomic E-state index is -0.0376. The van der Waals surface area contributed by atoms with E-state index < -0.39 is 0 Å². The molecule has 3 aromatic carbocycles. The highest BCUT2D eigenvalue weighted by molar-refractivity contribution is 5.89. The van der Waals surface area contributed by atoms with Crippen molar-refractivity contribution in [1.29, 1.82) is 0 Å². The van der Waals surface area contributed by atoms with Gasteiger partial charge in [0, 0.05) is 28.7 Å². The highest BCUT2D eigenvalue weighted by Crippen LogP contribution is 2.28. The fraction of sp³-hybridized carbons (Fsp3) is 0.125. The van der Waals surface area contributed by atoms with Crippen molar-refractivity contribution in [1.82, 2.24) is 9.88 Å². The smallest absolute Gasteiger partial charge is 0.240 e. The molecule has 0 aliphatic carbocycles. The quantitative estimate of drug-likeness (QED) is 0.538. The Hall–Kier alpha value is -3.53. The van der Waals surface area contributed by atoms with Crippen LogP contribution < -0.4 is 10.1 Å². The van der Waals surface area contributed by atoms with Crippen molar-refractivity contribution >= 4 is 16.8 Å². The van der Waals surface area contributed by atoms with Crippen LogP contribution in [0.4, 0.5) is 0 Å². The molecule has 0 saturated carbocycles. The lowest BCUT2D eigenvalue weighted by Gasteiger charge is -2.13. The molecule has 1 aromatic heterocycles. The maximum Gasteiger partial charge on any atom is 0.240 e. The highest BCUT2D eigenvalue weighted by atomic mass is 16.5. The second-order valence-electron chi connectivity index (χ2n) is 6.63. The number of rotatable bonds is 6. The molecule has 0 atom stereocenters. The molecular weight excluding hydrogens is 348 g/mol. The first-order valence-corrected chi connectivity index (χ1v) is 9.28. The van der Waals surface area contributed by atoms with Crippen LogP contribution in [0.1, 0.15) is 5.56 Å². The highest BCUT2D eigenvalue weighted by Gasteiger charge is 2.13. The number of carbonyl (C=O) groups excluding carboxylic acids is 1. The van der Waals surface area contributed by atoms with Crippen molar-refractivity contribution in [2.45, 2.75) is 13.1 Å². The minimum Gasteiger partial charge on any atom is -0.496 e. The maximum absolute atomic E-state index is 12.7. The number of hydrogen-bond donors (Lipinski definition) is 1. The third-order valence-electron chi connectivity index (χ3n) is 4.85. The maximum atomic E-state index is 12.7. The third kappa shape index (κ3) is 3.62. The summed E-state index contributed by atoms with van der Waals surface area (Å²) in [6.07, 6.45) is 0. The lowest BCUT2D eigenvalue weighted by atomic mass is 10.1. The predicted octanol–water partition coefficient (Wildman–Crippen LogP) is 4.63. The first-order valence-electron chi connectivity index (χ1n) is 9.28. The van der Waals surface area contributed by atoms with Gasteiger partial charge in [0.25, 0.3) is 0 Å². The van der Waals surface area contributed by atoms with Gasteiger partial charge in [-0.25, -0.2) is 0 Å². The Morgan fingerprint density at radius 1 is 0.929 bits per heavy atom. The fourth-order valence-electron chi connectivity index (χ4n) is 3.47. The van der Waals surface area contributed by atoms with E-state index in [4.69, 9.17) is 4.74 Å². The van der Waals surface area contributed by atoms with Gasteiger partial charge in [0.2, 0.25) is 5.91 Å². The number of ether oxygens (including phenoxy) is 1. The lowest BCUT2D eigenvalue weighted by molar-refractivity contribution is -0.121. The van der Waals surface area contributed by atoms with Gasteiger partial charge >= 0.3 is 0 Å². The summed E-state index contributed by atoms with van der Waals surface area (Å²) in [5.41, 5.74) is 4.14. The summed E-state index contributed by atoms with van der Waals surface area (Å²) in [7, 11) is 1.64. The summed E-state index contributed by atoms with van der Waals surface area (Å²) in [6, 6.07) is 28.2. The first kappa shape index (κ1) is 17.9. The second kappa shape index (κ2) is 8.01. The normalized spacial score (nSPS) is 10.8. The van der Waals surface area contributed by atoms with Crippen LogP contribution in [0, 0.1) is 0 Å². The van der Waals surface area contributed by atoms with Crippen LogP contribution in [-0.2, 0) is 17.9 Å². The van der Waals surface area contributed by atoms with Crippen LogP contribution >= 0.6 is 0 Å². The van der Waals surface area contributed by atoms with E-state index in [1.165, 1.54) is 0 Å². The van der Waals surface area contributed by atoms with Crippen molar-refractivity contribution in [2.75, 3.05) is 7.11 Å². The number of carbonyl (C=O) groups is 1. The zero-order chi connectivity index (χ0) is 19.3. The number of methoxy groups -OCH3 is 1. The Morgan fingerprint density at radius 2 is 1.64 bits per heavy atom. The molecule has 1 N–H and O–H groups in total. The molecule has 140 valence electrons. The van der Waals surface area contributed by atoms with E-state index in [1.54, 1.807) is 7.11 Å². The molecule has 1 amide bonds. The summed E-state index contributed by atoms with van der Waals surface area (Å²) in [6.45, 7) is 0.690. The van der Waals surface area contributed by atoms with Crippen molar-refractivity contribution in [3.05, 3.63) is 90.5 Å². The van der Waals surface area contributed by atoms with E-state index in [-0.39, 0.29) is 12.5 Å². The molecule has 0 fully saturated rings. The van der Waals surface area contributed by atoms with Crippen molar-refractivity contribution in [3.8, 4) is 17.0 Å². The molecule has 0 aliphatic rings. The monoisotopic (exact) mass is 370 g/mol. The fourth-order valence-corrected chi connectivity index (χ4v) is 3.47. The Balaban J connectivity index is 1.59. The van der Waals surface area contributed by atoms with Gasteiger partial charge in [-0.1, -0.05) is 66.7 Å². The molecule has 0 spiro atoms. The van der Waals surface area contributed by atoms with Gasteiger partial charge in [0.1, 0.15) is 12.3 Å². The van der Waals surface area contributed by atoms with Crippen molar-refractivity contribution in [2.24, 2.45) is 0 Å². The number of nitrogens with one attached hydrogen (secondary N) is 1. The Labute approximate surface area is 164 Å². The molecule has 4 aromatic rings. The topological polar surface area (TPSA) is 43.3 Å². The van der Waals surface area contributed by atoms with Gasteiger partial charge < -0.3 is 14.6 Å². The van der Waals surface area contributed by atoms with Crippen molar-refractivity contribution in [3.63, 3.8) is 0 Å². The van der Waals surface area contributed by atoms with Crippen LogP contribution in [-0.4, -0.2) is 17.6 Å². The molecule has 0 bridgehead atoms.